The van der Waals surface area contributed by atoms with Crippen molar-refractivity contribution in [3.8, 4) is 29.6 Å². The molecule has 0 aliphatic heterocycles. The van der Waals surface area contributed by atoms with Crippen molar-refractivity contribution >= 4 is 24.5 Å². The van der Waals surface area contributed by atoms with E-state index in [4.69, 9.17) is 0 Å². The van der Waals surface area contributed by atoms with Gasteiger partial charge in [0, 0.05) is 0 Å². The minimum atomic E-state index is -3.52. The average Bonchev–Trinajstić information content (AvgIpc) is 2.97. The summed E-state index contributed by atoms with van der Waals surface area (Å²) < 4.78 is 12.1. The maximum atomic E-state index is 3.70. The predicted octanol–water partition coefficient (Wildman–Crippen LogP) is 8.09. The van der Waals surface area contributed by atoms with Gasteiger partial charge in [0.05, 0.1) is 0 Å². The van der Waals surface area contributed by atoms with Gasteiger partial charge in [0.15, 0.2) is 0 Å². The molecule has 0 aliphatic rings. The molecule has 0 heterocycles. The summed E-state index contributed by atoms with van der Waals surface area (Å²) in [6, 6.07) is 41.1. The van der Waals surface area contributed by atoms with E-state index >= 15 is 0 Å². The van der Waals surface area contributed by atoms with Crippen LogP contribution in [0.3, 0.4) is 0 Å². The molecule has 0 amide bonds. The minimum absolute atomic E-state index is 0.993. The Balaban J connectivity index is 1.60. The van der Waals surface area contributed by atoms with E-state index in [2.05, 4.69) is 102 Å². The molecular weight excluding hydrogens is 551 g/mol. The zero-order valence-electron chi connectivity index (χ0n) is 21.0. The van der Waals surface area contributed by atoms with Crippen LogP contribution in [0, 0.1) is 29.6 Å². The van der Waals surface area contributed by atoms with Crippen LogP contribution in [0.4, 0.5) is 0 Å². The summed E-state index contributed by atoms with van der Waals surface area (Å²) in [6.07, 6.45) is 7.70. The number of rotatable bonds is 6. The van der Waals surface area contributed by atoms with Crippen LogP contribution in [0.2, 0.25) is 4.44 Å². The fourth-order valence-corrected chi connectivity index (χ4v) is 10.7. The van der Waals surface area contributed by atoms with Gasteiger partial charge in [-0.15, -0.1) is 0 Å². The van der Waals surface area contributed by atoms with E-state index < -0.39 is 18.4 Å². The molecule has 4 aromatic rings. The zero-order valence-corrected chi connectivity index (χ0v) is 23.9. The molecule has 4 aromatic carbocycles. The van der Waals surface area contributed by atoms with Crippen LogP contribution in [-0.4, -0.2) is 18.4 Å². The third-order valence-corrected chi connectivity index (χ3v) is 13.7. The monoisotopic (exact) mass is 582 g/mol. The molecule has 0 saturated heterocycles. The summed E-state index contributed by atoms with van der Waals surface area (Å²) in [5.74, 6) is 10.4. The van der Waals surface area contributed by atoms with E-state index in [1.165, 1.54) is 5.56 Å². The van der Waals surface area contributed by atoms with Gasteiger partial charge in [-0.3, -0.25) is 0 Å². The molecule has 0 nitrogen and oxygen atoms in total. The second-order valence-electron chi connectivity index (χ2n) is 8.81. The molecule has 178 valence electrons. The normalized spacial score (nSPS) is 10.4. The number of unbranched alkanes of at least 4 members (excludes halogenated alkanes) is 2. The average molecular weight is 581 g/mol. The van der Waals surface area contributed by atoms with Gasteiger partial charge < -0.3 is 0 Å². The first kappa shape index (κ1) is 26.2. The summed E-state index contributed by atoms with van der Waals surface area (Å²) in [7, 11) is 0. The second-order valence-corrected chi connectivity index (χ2v) is 17.5. The van der Waals surface area contributed by atoms with Crippen molar-refractivity contribution in [3.05, 3.63) is 150 Å². The molecule has 0 saturated carbocycles. The zero-order chi connectivity index (χ0) is 25.4. The summed E-state index contributed by atoms with van der Waals surface area (Å²) in [6.45, 7) is 0. The SMILES string of the molecule is C(#[C][Sn]([C]#Cc1ccccc1)([C]#Cc1ccccc1)[CH2]CCC/C=C/c1ccccc1)c1ccccc1. The van der Waals surface area contributed by atoms with E-state index in [-0.39, 0.29) is 0 Å². The molecule has 0 fully saturated rings. The Morgan fingerprint density at radius 3 is 1.32 bits per heavy atom. The van der Waals surface area contributed by atoms with Crippen molar-refractivity contribution in [2.45, 2.75) is 23.7 Å². The Morgan fingerprint density at radius 1 is 0.486 bits per heavy atom. The Morgan fingerprint density at radius 2 is 0.892 bits per heavy atom. The molecule has 0 atom stereocenters. The molecule has 37 heavy (non-hydrogen) atoms. The number of hydrogen-bond donors (Lipinski definition) is 0. The summed E-state index contributed by atoms with van der Waals surface area (Å²) in [5.41, 5.74) is 4.32. The summed E-state index contributed by atoms with van der Waals surface area (Å²) in [5, 5.41) is 0. The van der Waals surface area contributed by atoms with Crippen LogP contribution < -0.4 is 0 Å². The topological polar surface area (TPSA) is 0 Å². The molecule has 0 bridgehead atoms. The Bertz CT molecular complexity index is 1310. The van der Waals surface area contributed by atoms with Gasteiger partial charge in [0.1, 0.15) is 0 Å². The van der Waals surface area contributed by atoms with Crippen LogP contribution in [-0.2, 0) is 0 Å². The van der Waals surface area contributed by atoms with Crippen LogP contribution in [0.5, 0.6) is 0 Å². The molecule has 4 rings (SSSR count). The third-order valence-electron chi connectivity index (χ3n) is 5.86. The maximum absolute atomic E-state index is 3.70. The van der Waals surface area contributed by atoms with Crippen molar-refractivity contribution in [1.29, 1.82) is 0 Å². The van der Waals surface area contributed by atoms with Gasteiger partial charge in [-0.2, -0.15) is 0 Å². The molecule has 0 aromatic heterocycles. The van der Waals surface area contributed by atoms with Crippen molar-refractivity contribution < 1.29 is 0 Å². The standard InChI is InChI=1S/C12H15.3C8H5.Sn/c1-2-3-4-6-9-12-10-7-5-8-11-12;3*1-2-8-6-4-3-5-7-8;/h5-11H,1-4H2;3*3-7H;/b9-6+;;;;. The number of benzene rings is 4. The van der Waals surface area contributed by atoms with E-state index in [1.807, 2.05) is 60.7 Å². The summed E-state index contributed by atoms with van der Waals surface area (Å²) >= 11 is -3.52. The molecule has 0 spiro atoms. The van der Waals surface area contributed by atoms with Gasteiger partial charge >= 0.3 is 227 Å². The molecule has 0 radical (unpaired) electrons. The van der Waals surface area contributed by atoms with Crippen LogP contribution in [0.15, 0.2) is 127 Å². The van der Waals surface area contributed by atoms with Crippen molar-refractivity contribution in [2.24, 2.45) is 0 Å². The first-order chi connectivity index (χ1) is 18.3. The van der Waals surface area contributed by atoms with E-state index in [0.29, 0.717) is 0 Å². The van der Waals surface area contributed by atoms with Crippen molar-refractivity contribution in [1.82, 2.24) is 0 Å². The van der Waals surface area contributed by atoms with Crippen LogP contribution in [0.25, 0.3) is 6.08 Å². The van der Waals surface area contributed by atoms with Crippen LogP contribution in [0.1, 0.15) is 41.5 Å². The Hall–Kier alpha value is -3.90. The van der Waals surface area contributed by atoms with E-state index in [9.17, 15) is 0 Å². The van der Waals surface area contributed by atoms with E-state index in [1.54, 1.807) is 0 Å². The van der Waals surface area contributed by atoms with Gasteiger partial charge in [-0.05, 0) is 0 Å². The first-order valence-corrected chi connectivity index (χ1v) is 19.1. The Labute approximate surface area is 226 Å². The molecule has 0 aliphatic carbocycles. The van der Waals surface area contributed by atoms with Gasteiger partial charge in [-0.25, -0.2) is 0 Å². The molecule has 1 heteroatoms. The van der Waals surface area contributed by atoms with Gasteiger partial charge in [0.2, 0.25) is 0 Å². The number of hydrogen-bond acceptors (Lipinski definition) is 0. The van der Waals surface area contributed by atoms with Gasteiger partial charge in [0.25, 0.3) is 0 Å². The first-order valence-electron chi connectivity index (χ1n) is 12.8. The van der Waals surface area contributed by atoms with Gasteiger partial charge in [-0.1, -0.05) is 0 Å². The Kier molecular flexibility index (Phi) is 10.3. The summed E-state index contributed by atoms with van der Waals surface area (Å²) in [4.78, 5) is 0. The molecule has 0 N–H and O–H groups in total. The van der Waals surface area contributed by atoms with E-state index in [0.717, 1.165) is 40.4 Å². The fourth-order valence-electron chi connectivity index (χ4n) is 3.82. The van der Waals surface area contributed by atoms with Crippen molar-refractivity contribution in [3.63, 3.8) is 0 Å². The van der Waals surface area contributed by atoms with Crippen molar-refractivity contribution in [2.75, 3.05) is 0 Å². The molecule has 0 unspecified atom stereocenters. The molecular formula is C36H30Sn. The van der Waals surface area contributed by atoms with Crippen LogP contribution >= 0.6 is 0 Å². The quantitative estimate of drug-likeness (QED) is 0.123. The second kappa shape index (κ2) is 14.6. The predicted molar refractivity (Wildman–Crippen MR) is 160 cm³/mol. The fraction of sp³-hybridized carbons (Fsp3) is 0.111. The third kappa shape index (κ3) is 9.24. The number of allylic oxidation sites excluding steroid dienone is 1.